The predicted molar refractivity (Wildman–Crippen MR) is 127 cm³/mol. The molecule has 0 bridgehead atoms. The molecule has 156 valence electrons. The van der Waals surface area contributed by atoms with E-state index in [1.807, 2.05) is 60.3 Å². The second-order valence-electron chi connectivity index (χ2n) is 6.81. The summed E-state index contributed by atoms with van der Waals surface area (Å²) in [5.41, 5.74) is -0.169. The summed E-state index contributed by atoms with van der Waals surface area (Å²) in [6.45, 7) is 5.08. The number of guanidine groups is 1. The molecule has 29 heavy (non-hydrogen) atoms. The van der Waals surface area contributed by atoms with E-state index < -0.39 is 5.60 Å². The molecule has 3 aromatic rings. The molecule has 0 fully saturated rings. The summed E-state index contributed by atoms with van der Waals surface area (Å²) >= 11 is 1.68. The van der Waals surface area contributed by atoms with Gasteiger partial charge < -0.3 is 20.3 Å². The van der Waals surface area contributed by atoms with Crippen molar-refractivity contribution < 1.29 is 5.11 Å². The molecule has 3 N–H and O–H groups in total. The molecule has 1 atom stereocenters. The number of aromatic nitrogens is 3. The molecule has 0 aliphatic heterocycles. The van der Waals surface area contributed by atoms with E-state index in [4.69, 9.17) is 0 Å². The van der Waals surface area contributed by atoms with Gasteiger partial charge in [-0.05, 0) is 30.9 Å². The highest BCUT2D eigenvalue weighted by molar-refractivity contribution is 14.0. The van der Waals surface area contributed by atoms with E-state index in [0.29, 0.717) is 25.6 Å². The lowest BCUT2D eigenvalue weighted by Crippen LogP contribution is -2.44. The van der Waals surface area contributed by atoms with Gasteiger partial charge in [-0.25, -0.2) is 4.99 Å². The van der Waals surface area contributed by atoms with Gasteiger partial charge in [-0.1, -0.05) is 36.4 Å². The van der Waals surface area contributed by atoms with Gasteiger partial charge in [0, 0.05) is 11.9 Å². The fraction of sp³-hybridized carbons (Fsp3) is 0.350. The van der Waals surface area contributed by atoms with Crippen LogP contribution in [0.3, 0.4) is 0 Å². The number of hydrogen-bond donors (Lipinski definition) is 3. The molecule has 0 saturated carbocycles. The van der Waals surface area contributed by atoms with Crippen LogP contribution in [0, 0.1) is 6.92 Å². The van der Waals surface area contributed by atoms with Crippen LogP contribution in [0.2, 0.25) is 0 Å². The first-order chi connectivity index (χ1) is 13.5. The molecule has 0 saturated heterocycles. The maximum Gasteiger partial charge on any atom is 0.192 e. The van der Waals surface area contributed by atoms with Crippen LogP contribution in [0.4, 0.5) is 0 Å². The number of nitrogens with zero attached hydrogens (tertiary/aromatic N) is 4. The molecule has 0 spiro atoms. The van der Waals surface area contributed by atoms with Crippen LogP contribution in [-0.4, -0.2) is 32.4 Å². The normalized spacial score (nSPS) is 13.4. The van der Waals surface area contributed by atoms with Gasteiger partial charge in [-0.3, -0.25) is 0 Å². The second-order valence-corrected chi connectivity index (χ2v) is 7.85. The lowest BCUT2D eigenvalue weighted by molar-refractivity contribution is 0.0617. The van der Waals surface area contributed by atoms with Crippen molar-refractivity contribution >= 4 is 41.3 Å². The van der Waals surface area contributed by atoms with E-state index in [1.165, 1.54) is 4.88 Å². The number of hydrogen-bond acceptors (Lipinski definition) is 5. The number of nitrogens with one attached hydrogen (secondary N) is 2. The Kier molecular flexibility index (Phi) is 8.60. The molecule has 0 amide bonds. The summed E-state index contributed by atoms with van der Waals surface area (Å²) in [5, 5.41) is 27.7. The third-order valence-corrected chi connectivity index (χ3v) is 5.44. The highest BCUT2D eigenvalue weighted by Crippen LogP contribution is 2.18. The molecule has 2 heterocycles. The highest BCUT2D eigenvalue weighted by atomic mass is 127. The Balaban J connectivity index is 0.00000300. The predicted octanol–water partition coefficient (Wildman–Crippen LogP) is 2.95. The Morgan fingerprint density at radius 3 is 2.55 bits per heavy atom. The Hall–Kier alpha value is -1.98. The van der Waals surface area contributed by atoms with Gasteiger partial charge in [-0.2, -0.15) is 0 Å². The summed E-state index contributed by atoms with van der Waals surface area (Å²) in [7, 11) is 1.92. The zero-order valence-corrected chi connectivity index (χ0v) is 19.9. The maximum absolute atomic E-state index is 10.8. The lowest BCUT2D eigenvalue weighted by atomic mass is 9.96. The molecule has 0 aliphatic carbocycles. The summed E-state index contributed by atoms with van der Waals surface area (Å²) in [4.78, 5) is 5.84. The Labute approximate surface area is 192 Å². The third kappa shape index (κ3) is 6.51. The second kappa shape index (κ2) is 10.7. The molecule has 7 nitrogen and oxygen atoms in total. The Morgan fingerprint density at radius 2 is 1.93 bits per heavy atom. The van der Waals surface area contributed by atoms with E-state index in [1.54, 1.807) is 18.3 Å². The maximum atomic E-state index is 10.8. The number of rotatable bonds is 7. The topological polar surface area (TPSA) is 87.4 Å². The number of aliphatic imine (C=N–C) groups is 1. The van der Waals surface area contributed by atoms with Crippen LogP contribution in [0.1, 0.15) is 29.0 Å². The first-order valence-corrected chi connectivity index (χ1v) is 10.0. The first kappa shape index (κ1) is 23.3. The van der Waals surface area contributed by atoms with Crippen molar-refractivity contribution in [3.63, 3.8) is 0 Å². The summed E-state index contributed by atoms with van der Waals surface area (Å²) in [6.07, 6.45) is 0. The molecule has 1 aromatic carbocycles. The molecule has 2 aromatic heterocycles. The third-order valence-electron chi connectivity index (χ3n) is 4.57. The standard InChI is InChI=1S/C20H26N6OS.HI/c1-15-24-25-18(26(15)3)13-22-19(21-12-17-10-7-11-28-17)23-14-20(2,27)16-8-5-4-6-9-16;/h4-11,27H,12-14H2,1-3H3,(H2,21,22,23);1H. The smallest absolute Gasteiger partial charge is 0.192 e. The van der Waals surface area contributed by atoms with Crippen molar-refractivity contribution in [2.24, 2.45) is 12.0 Å². The minimum absolute atomic E-state index is 0. The van der Waals surface area contributed by atoms with Gasteiger partial charge in [0.2, 0.25) is 0 Å². The van der Waals surface area contributed by atoms with Crippen LogP contribution in [0.5, 0.6) is 0 Å². The lowest BCUT2D eigenvalue weighted by Gasteiger charge is -2.25. The van der Waals surface area contributed by atoms with Crippen molar-refractivity contribution in [2.75, 3.05) is 6.54 Å². The molecule has 3 rings (SSSR count). The molecule has 1 unspecified atom stereocenters. The van der Waals surface area contributed by atoms with Crippen LogP contribution >= 0.6 is 35.3 Å². The van der Waals surface area contributed by atoms with Crippen LogP contribution < -0.4 is 10.6 Å². The largest absolute Gasteiger partial charge is 0.384 e. The van der Waals surface area contributed by atoms with Crippen molar-refractivity contribution in [2.45, 2.75) is 32.5 Å². The average molecular weight is 526 g/mol. The number of halogens is 1. The molecular formula is C20H27IN6OS. The summed E-state index contributed by atoms with van der Waals surface area (Å²) < 4.78 is 1.92. The molecule has 0 aliphatic rings. The van der Waals surface area contributed by atoms with Crippen LogP contribution in [0.25, 0.3) is 0 Å². The minimum Gasteiger partial charge on any atom is -0.384 e. The number of aliphatic hydroxyl groups is 1. The van der Waals surface area contributed by atoms with E-state index in [9.17, 15) is 5.11 Å². The van der Waals surface area contributed by atoms with Crippen LogP contribution in [-0.2, 0) is 25.7 Å². The fourth-order valence-corrected chi connectivity index (χ4v) is 3.30. The molecular weight excluding hydrogens is 499 g/mol. The monoisotopic (exact) mass is 526 g/mol. The average Bonchev–Trinajstić information content (AvgIpc) is 3.33. The van der Waals surface area contributed by atoms with E-state index in [0.717, 1.165) is 17.2 Å². The van der Waals surface area contributed by atoms with Crippen molar-refractivity contribution in [3.8, 4) is 0 Å². The fourth-order valence-electron chi connectivity index (χ4n) is 2.65. The van der Waals surface area contributed by atoms with Gasteiger partial charge in [0.25, 0.3) is 0 Å². The summed E-state index contributed by atoms with van der Waals surface area (Å²) in [6, 6.07) is 13.7. The van der Waals surface area contributed by atoms with E-state index >= 15 is 0 Å². The first-order valence-electron chi connectivity index (χ1n) is 9.13. The van der Waals surface area contributed by atoms with Crippen molar-refractivity contribution in [1.29, 1.82) is 0 Å². The highest BCUT2D eigenvalue weighted by Gasteiger charge is 2.23. The van der Waals surface area contributed by atoms with E-state index in [2.05, 4.69) is 31.9 Å². The van der Waals surface area contributed by atoms with Gasteiger partial charge in [0.1, 0.15) is 18.0 Å². The molecule has 0 radical (unpaired) electrons. The van der Waals surface area contributed by atoms with Crippen LogP contribution in [0.15, 0.2) is 52.8 Å². The molecule has 9 heteroatoms. The van der Waals surface area contributed by atoms with Gasteiger partial charge in [0.05, 0.1) is 13.1 Å². The quantitative estimate of drug-likeness (QED) is 0.251. The Morgan fingerprint density at radius 1 is 1.17 bits per heavy atom. The minimum atomic E-state index is -1.02. The SMILES string of the molecule is Cc1nnc(CN=C(NCc2cccs2)NCC(C)(O)c2ccccc2)n1C.I. The zero-order chi connectivity index (χ0) is 20.0. The number of aryl methyl sites for hydroxylation is 1. The van der Waals surface area contributed by atoms with Gasteiger partial charge in [-0.15, -0.1) is 45.5 Å². The zero-order valence-electron chi connectivity index (χ0n) is 16.8. The van der Waals surface area contributed by atoms with Crippen molar-refractivity contribution in [3.05, 3.63) is 69.9 Å². The summed E-state index contributed by atoms with van der Waals surface area (Å²) in [5.74, 6) is 2.24. The van der Waals surface area contributed by atoms with E-state index in [-0.39, 0.29) is 24.0 Å². The van der Waals surface area contributed by atoms with Gasteiger partial charge >= 0.3 is 0 Å². The Bertz CT molecular complexity index is 908. The number of thiophene rings is 1. The number of benzene rings is 1. The van der Waals surface area contributed by atoms with Crippen molar-refractivity contribution in [1.82, 2.24) is 25.4 Å². The van der Waals surface area contributed by atoms with Gasteiger partial charge in [0.15, 0.2) is 11.8 Å².